The van der Waals surface area contributed by atoms with Crippen molar-refractivity contribution in [3.63, 3.8) is 0 Å². The monoisotopic (exact) mass is 454 g/mol. The van der Waals surface area contributed by atoms with Crippen molar-refractivity contribution in [2.45, 2.75) is 17.7 Å². The number of anilines is 2. The van der Waals surface area contributed by atoms with Crippen molar-refractivity contribution >= 4 is 33.3 Å². The minimum atomic E-state index is -4.15. The molecule has 1 atom stereocenters. The SMILES string of the molecule is COc1ccc(NS(=O)(=O)c2cc([N+](=O)[O-])ccc2N/N=C/C(C)c2ccccc2)cc1. The van der Waals surface area contributed by atoms with Crippen LogP contribution in [0.2, 0.25) is 0 Å². The van der Waals surface area contributed by atoms with E-state index in [9.17, 15) is 18.5 Å². The van der Waals surface area contributed by atoms with Gasteiger partial charge in [0.2, 0.25) is 0 Å². The van der Waals surface area contributed by atoms with E-state index in [1.54, 1.807) is 18.3 Å². The second kappa shape index (κ2) is 9.92. The summed E-state index contributed by atoms with van der Waals surface area (Å²) in [5.41, 5.74) is 3.77. The van der Waals surface area contributed by atoms with Crippen LogP contribution in [0.4, 0.5) is 17.1 Å². The van der Waals surface area contributed by atoms with Gasteiger partial charge in [-0.2, -0.15) is 5.10 Å². The molecule has 0 aliphatic heterocycles. The van der Waals surface area contributed by atoms with Gasteiger partial charge in [0.25, 0.3) is 15.7 Å². The molecule has 166 valence electrons. The van der Waals surface area contributed by atoms with E-state index in [1.165, 1.54) is 31.4 Å². The molecule has 0 spiro atoms. The van der Waals surface area contributed by atoms with Crippen molar-refractivity contribution in [3.05, 3.63) is 88.5 Å². The number of nitrogens with zero attached hydrogens (tertiary/aromatic N) is 2. The van der Waals surface area contributed by atoms with Crippen molar-refractivity contribution in [2.75, 3.05) is 17.3 Å². The van der Waals surface area contributed by atoms with E-state index in [4.69, 9.17) is 4.74 Å². The molecule has 9 nitrogen and oxygen atoms in total. The number of non-ortho nitro benzene ring substituents is 1. The fourth-order valence-electron chi connectivity index (χ4n) is 2.87. The number of nitro benzene ring substituents is 1. The van der Waals surface area contributed by atoms with Crippen LogP contribution in [0.1, 0.15) is 18.4 Å². The largest absolute Gasteiger partial charge is 0.497 e. The number of sulfonamides is 1. The maximum Gasteiger partial charge on any atom is 0.270 e. The van der Waals surface area contributed by atoms with Crippen LogP contribution in [0.25, 0.3) is 0 Å². The summed E-state index contributed by atoms with van der Waals surface area (Å²) in [6, 6.07) is 19.4. The standard InChI is InChI=1S/C22H22N4O5S/c1-16(17-6-4-3-5-7-17)15-23-24-21-13-10-19(26(27)28)14-22(21)32(29,30)25-18-8-11-20(31-2)12-9-18/h3-16,24-25H,1-2H3/b23-15+. The quantitative estimate of drug-likeness (QED) is 0.277. The molecule has 0 aromatic heterocycles. The fraction of sp³-hybridized carbons (Fsp3) is 0.136. The van der Waals surface area contributed by atoms with Crippen molar-refractivity contribution in [3.8, 4) is 5.75 Å². The smallest absolute Gasteiger partial charge is 0.270 e. The van der Waals surface area contributed by atoms with Crippen molar-refractivity contribution in [2.24, 2.45) is 5.10 Å². The summed E-state index contributed by atoms with van der Waals surface area (Å²) < 4.78 is 33.5. The second-order valence-corrected chi connectivity index (χ2v) is 8.51. The van der Waals surface area contributed by atoms with Gasteiger partial charge in [0, 0.05) is 30.0 Å². The number of ether oxygens (including phenoxy) is 1. The molecule has 0 saturated heterocycles. The Bertz CT molecular complexity index is 1210. The zero-order valence-corrected chi connectivity index (χ0v) is 18.2. The number of benzene rings is 3. The summed E-state index contributed by atoms with van der Waals surface area (Å²) in [7, 11) is -2.65. The molecule has 0 heterocycles. The third kappa shape index (κ3) is 5.61. The molecule has 0 aliphatic rings. The van der Waals surface area contributed by atoms with Gasteiger partial charge in [-0.3, -0.25) is 20.3 Å². The maximum absolute atomic E-state index is 13.0. The molecule has 10 heteroatoms. The van der Waals surface area contributed by atoms with Crippen LogP contribution in [-0.4, -0.2) is 26.7 Å². The summed E-state index contributed by atoms with van der Waals surface area (Å²) >= 11 is 0. The first kappa shape index (κ1) is 22.8. The lowest BCUT2D eigenvalue weighted by Crippen LogP contribution is -2.15. The molecule has 3 aromatic carbocycles. The summed E-state index contributed by atoms with van der Waals surface area (Å²) in [6.45, 7) is 1.94. The zero-order chi connectivity index (χ0) is 23.1. The average molecular weight is 455 g/mol. The van der Waals surface area contributed by atoms with Crippen LogP contribution in [0, 0.1) is 10.1 Å². The van der Waals surface area contributed by atoms with Crippen molar-refractivity contribution in [1.82, 2.24) is 0 Å². The first-order chi connectivity index (χ1) is 15.3. The third-order valence-corrected chi connectivity index (χ3v) is 6.04. The Hall–Kier alpha value is -3.92. The van der Waals surface area contributed by atoms with E-state index in [-0.39, 0.29) is 27.9 Å². The zero-order valence-electron chi connectivity index (χ0n) is 17.4. The third-order valence-electron chi connectivity index (χ3n) is 4.62. The van der Waals surface area contributed by atoms with Crippen molar-refractivity contribution < 1.29 is 18.1 Å². The lowest BCUT2D eigenvalue weighted by atomic mass is 10.0. The number of hydrazone groups is 1. The second-order valence-electron chi connectivity index (χ2n) is 6.86. The molecule has 32 heavy (non-hydrogen) atoms. The highest BCUT2D eigenvalue weighted by Crippen LogP contribution is 2.29. The molecule has 0 aliphatic carbocycles. The van der Waals surface area contributed by atoms with Gasteiger partial charge in [-0.05, 0) is 35.9 Å². The molecular weight excluding hydrogens is 432 g/mol. The van der Waals surface area contributed by atoms with Gasteiger partial charge in [0.1, 0.15) is 10.6 Å². The first-order valence-corrected chi connectivity index (χ1v) is 11.1. The van der Waals surface area contributed by atoms with E-state index in [2.05, 4.69) is 15.2 Å². The predicted octanol–water partition coefficient (Wildman–Crippen LogP) is 4.61. The Balaban J connectivity index is 1.88. The van der Waals surface area contributed by atoms with Gasteiger partial charge in [-0.15, -0.1) is 0 Å². The highest BCUT2D eigenvalue weighted by atomic mass is 32.2. The lowest BCUT2D eigenvalue weighted by Gasteiger charge is -2.13. The molecule has 3 aromatic rings. The number of rotatable bonds is 9. The van der Waals surface area contributed by atoms with Crippen LogP contribution >= 0.6 is 0 Å². The van der Waals surface area contributed by atoms with Crippen LogP contribution in [0.5, 0.6) is 5.75 Å². The summed E-state index contributed by atoms with van der Waals surface area (Å²) in [6.07, 6.45) is 1.63. The minimum Gasteiger partial charge on any atom is -0.497 e. The van der Waals surface area contributed by atoms with E-state index in [0.29, 0.717) is 5.75 Å². The van der Waals surface area contributed by atoms with Crippen LogP contribution in [-0.2, 0) is 10.0 Å². The van der Waals surface area contributed by atoms with Gasteiger partial charge in [-0.1, -0.05) is 37.3 Å². The van der Waals surface area contributed by atoms with Crippen LogP contribution < -0.4 is 14.9 Å². The van der Waals surface area contributed by atoms with E-state index in [1.807, 2.05) is 37.3 Å². The van der Waals surface area contributed by atoms with E-state index >= 15 is 0 Å². The fourth-order valence-corrected chi connectivity index (χ4v) is 4.11. The normalized spacial score (nSPS) is 12.3. The van der Waals surface area contributed by atoms with Gasteiger partial charge in [0.15, 0.2) is 0 Å². The molecule has 3 rings (SSSR count). The molecule has 2 N–H and O–H groups in total. The van der Waals surface area contributed by atoms with Crippen LogP contribution in [0.15, 0.2) is 82.8 Å². The molecule has 0 bridgehead atoms. The Kier molecular flexibility index (Phi) is 7.06. The summed E-state index contributed by atoms with van der Waals surface area (Å²) in [4.78, 5) is 10.3. The summed E-state index contributed by atoms with van der Waals surface area (Å²) in [5.74, 6) is 0.534. The highest BCUT2D eigenvalue weighted by Gasteiger charge is 2.23. The molecule has 1 unspecified atom stereocenters. The Morgan fingerprint density at radius 2 is 1.75 bits per heavy atom. The number of methoxy groups -OCH3 is 1. The molecular formula is C22H22N4O5S. The van der Waals surface area contributed by atoms with Gasteiger partial charge in [0.05, 0.1) is 17.7 Å². The maximum atomic E-state index is 13.0. The Morgan fingerprint density at radius 3 is 2.38 bits per heavy atom. The number of nitro groups is 1. The predicted molar refractivity (Wildman–Crippen MR) is 124 cm³/mol. The van der Waals surface area contributed by atoms with E-state index in [0.717, 1.165) is 11.6 Å². The minimum absolute atomic E-state index is 0.0285. The molecule has 0 fully saturated rings. The van der Waals surface area contributed by atoms with Gasteiger partial charge < -0.3 is 4.74 Å². The Labute approximate surface area is 185 Å². The Morgan fingerprint density at radius 1 is 1.06 bits per heavy atom. The lowest BCUT2D eigenvalue weighted by molar-refractivity contribution is -0.385. The highest BCUT2D eigenvalue weighted by molar-refractivity contribution is 7.92. The van der Waals surface area contributed by atoms with Gasteiger partial charge in [-0.25, -0.2) is 8.42 Å². The van der Waals surface area contributed by atoms with E-state index < -0.39 is 14.9 Å². The number of nitrogens with one attached hydrogen (secondary N) is 2. The molecule has 0 radical (unpaired) electrons. The first-order valence-electron chi connectivity index (χ1n) is 9.59. The topological polar surface area (TPSA) is 123 Å². The molecule has 0 saturated carbocycles. The average Bonchev–Trinajstić information content (AvgIpc) is 2.79. The summed E-state index contributed by atoms with van der Waals surface area (Å²) in [5, 5.41) is 15.3. The molecule has 0 amide bonds. The number of hydrogen-bond acceptors (Lipinski definition) is 7. The number of hydrogen-bond donors (Lipinski definition) is 2. The van der Waals surface area contributed by atoms with Crippen molar-refractivity contribution in [1.29, 1.82) is 0 Å². The van der Waals surface area contributed by atoms with Crippen LogP contribution in [0.3, 0.4) is 0 Å². The van der Waals surface area contributed by atoms with Gasteiger partial charge >= 0.3 is 0 Å².